The van der Waals surface area contributed by atoms with Gasteiger partial charge in [0.1, 0.15) is 6.54 Å². The number of amides is 2. The lowest BCUT2D eigenvalue weighted by Crippen LogP contribution is -2.57. The van der Waals surface area contributed by atoms with E-state index >= 15 is 0 Å². The van der Waals surface area contributed by atoms with E-state index in [-0.39, 0.29) is 30.8 Å². The van der Waals surface area contributed by atoms with Crippen molar-refractivity contribution in [3.8, 4) is 5.75 Å². The highest BCUT2D eigenvalue weighted by molar-refractivity contribution is 5.98. The number of anilines is 1. The van der Waals surface area contributed by atoms with E-state index in [2.05, 4.69) is 0 Å². The summed E-state index contributed by atoms with van der Waals surface area (Å²) < 4.78 is 13.4. The van der Waals surface area contributed by atoms with Crippen LogP contribution in [0.2, 0.25) is 0 Å². The largest absolute Gasteiger partial charge is 0.505 e. The van der Waals surface area contributed by atoms with Crippen molar-refractivity contribution in [2.24, 2.45) is 0 Å². The van der Waals surface area contributed by atoms with Gasteiger partial charge in [-0.1, -0.05) is 18.2 Å². The predicted octanol–water partition coefficient (Wildman–Crippen LogP) is 2.65. The molecule has 1 saturated heterocycles. The zero-order valence-electron chi connectivity index (χ0n) is 14.8. The average Bonchev–Trinajstić information content (AvgIpc) is 2.59. The zero-order valence-corrected chi connectivity index (χ0v) is 14.8. The molecule has 2 aromatic rings. The second-order valence-corrected chi connectivity index (χ2v) is 6.68. The fourth-order valence-electron chi connectivity index (χ4n) is 3.17. The predicted molar refractivity (Wildman–Crippen MR) is 96.5 cm³/mol. The molecular formula is C20H21FN2O3. The minimum atomic E-state index is -0.760. The first-order chi connectivity index (χ1) is 12.3. The number of aryl methyl sites for hydroxylation is 1. The first-order valence-electron chi connectivity index (χ1n) is 8.49. The molecule has 0 aliphatic carbocycles. The Labute approximate surface area is 151 Å². The summed E-state index contributed by atoms with van der Waals surface area (Å²) in [5, 5.41) is 9.24. The van der Waals surface area contributed by atoms with Gasteiger partial charge >= 0.3 is 0 Å². The van der Waals surface area contributed by atoms with Gasteiger partial charge in [-0.3, -0.25) is 9.59 Å². The van der Waals surface area contributed by atoms with Crippen LogP contribution in [0.5, 0.6) is 5.75 Å². The van der Waals surface area contributed by atoms with Gasteiger partial charge in [-0.25, -0.2) is 4.39 Å². The Morgan fingerprint density at radius 1 is 1.27 bits per heavy atom. The van der Waals surface area contributed by atoms with Crippen molar-refractivity contribution in [3.05, 3.63) is 59.4 Å². The molecule has 26 heavy (non-hydrogen) atoms. The van der Waals surface area contributed by atoms with Gasteiger partial charge in [-0.2, -0.15) is 0 Å². The second-order valence-electron chi connectivity index (χ2n) is 6.68. The topological polar surface area (TPSA) is 60.9 Å². The fraction of sp³-hybridized carbons (Fsp3) is 0.300. The maximum Gasteiger partial charge on any atom is 0.246 e. The molecule has 1 aliphatic rings. The smallest absolute Gasteiger partial charge is 0.246 e. The summed E-state index contributed by atoms with van der Waals surface area (Å²) in [4.78, 5) is 28.4. The van der Waals surface area contributed by atoms with Gasteiger partial charge in [0.25, 0.3) is 0 Å². The van der Waals surface area contributed by atoms with Crippen LogP contribution in [0.25, 0.3) is 0 Å². The van der Waals surface area contributed by atoms with Gasteiger partial charge in [0, 0.05) is 18.3 Å². The number of benzene rings is 2. The number of rotatable bonds is 3. The van der Waals surface area contributed by atoms with Crippen LogP contribution >= 0.6 is 0 Å². The van der Waals surface area contributed by atoms with Crippen LogP contribution in [0.15, 0.2) is 42.5 Å². The molecule has 0 radical (unpaired) electrons. The molecule has 0 unspecified atom stereocenters. The van der Waals surface area contributed by atoms with E-state index in [0.29, 0.717) is 12.1 Å². The maximum atomic E-state index is 13.4. The van der Waals surface area contributed by atoms with Crippen molar-refractivity contribution >= 4 is 17.5 Å². The number of carbonyl (C=O) groups excluding carboxylic acids is 2. The van der Waals surface area contributed by atoms with Crippen LogP contribution in [0, 0.1) is 12.7 Å². The van der Waals surface area contributed by atoms with Crippen LogP contribution in [-0.2, 0) is 16.0 Å². The third kappa shape index (κ3) is 3.69. The molecule has 1 fully saturated rings. The van der Waals surface area contributed by atoms with Crippen LogP contribution < -0.4 is 4.90 Å². The number of phenols is 1. The highest BCUT2D eigenvalue weighted by Gasteiger charge is 2.33. The lowest BCUT2D eigenvalue weighted by atomic mass is 10.1. The third-order valence-corrected chi connectivity index (χ3v) is 4.59. The highest BCUT2D eigenvalue weighted by atomic mass is 19.1. The first kappa shape index (κ1) is 17.9. The molecule has 1 aliphatic heterocycles. The third-order valence-electron chi connectivity index (χ3n) is 4.59. The molecule has 3 rings (SSSR count). The van der Waals surface area contributed by atoms with E-state index in [9.17, 15) is 19.1 Å². The Morgan fingerprint density at radius 3 is 2.73 bits per heavy atom. The molecule has 0 aromatic heterocycles. The monoisotopic (exact) mass is 356 g/mol. The maximum absolute atomic E-state index is 13.4. The summed E-state index contributed by atoms with van der Waals surface area (Å²) in [5.41, 5.74) is 2.36. The minimum absolute atomic E-state index is 0.00545. The lowest BCUT2D eigenvalue weighted by Gasteiger charge is -2.39. The van der Waals surface area contributed by atoms with Crippen LogP contribution in [0.1, 0.15) is 18.1 Å². The first-order valence-corrected chi connectivity index (χ1v) is 8.49. The number of phenolic OH excluding ortho intramolecular Hbond substituents is 1. The lowest BCUT2D eigenvalue weighted by molar-refractivity contribution is -0.138. The van der Waals surface area contributed by atoms with Crippen LogP contribution in [0.3, 0.4) is 0 Å². The molecular weight excluding hydrogens is 335 g/mol. The molecule has 1 atom stereocenters. The summed E-state index contributed by atoms with van der Waals surface area (Å²) in [6.07, 6.45) is -0.0146. The number of carbonyl (C=O) groups is 2. The van der Waals surface area contributed by atoms with Crippen molar-refractivity contribution in [2.75, 3.05) is 18.0 Å². The van der Waals surface area contributed by atoms with E-state index in [1.54, 1.807) is 4.90 Å². The van der Waals surface area contributed by atoms with E-state index in [4.69, 9.17) is 0 Å². The molecule has 6 heteroatoms. The van der Waals surface area contributed by atoms with Crippen molar-refractivity contribution in [1.29, 1.82) is 0 Å². The number of piperazine rings is 1. The Kier molecular flexibility index (Phi) is 4.93. The number of hydrogen-bond donors (Lipinski definition) is 1. The van der Waals surface area contributed by atoms with Crippen molar-refractivity contribution < 1.29 is 19.1 Å². The quantitative estimate of drug-likeness (QED) is 0.920. The molecule has 0 spiro atoms. The Bertz CT molecular complexity index is 853. The van der Waals surface area contributed by atoms with Gasteiger partial charge in [-0.15, -0.1) is 0 Å². The van der Waals surface area contributed by atoms with Gasteiger partial charge < -0.3 is 14.9 Å². The van der Waals surface area contributed by atoms with Gasteiger partial charge in [0.05, 0.1) is 6.42 Å². The molecule has 1 N–H and O–H groups in total. The average molecular weight is 356 g/mol. The van der Waals surface area contributed by atoms with Gasteiger partial charge in [0.15, 0.2) is 11.6 Å². The Balaban J connectivity index is 1.71. The van der Waals surface area contributed by atoms with Crippen molar-refractivity contribution in [2.45, 2.75) is 26.3 Å². The van der Waals surface area contributed by atoms with Crippen molar-refractivity contribution in [1.82, 2.24) is 4.90 Å². The number of aromatic hydroxyl groups is 1. The molecule has 2 amide bonds. The van der Waals surface area contributed by atoms with Crippen molar-refractivity contribution in [3.63, 3.8) is 0 Å². The highest BCUT2D eigenvalue weighted by Crippen LogP contribution is 2.22. The van der Waals surface area contributed by atoms with E-state index in [0.717, 1.165) is 17.3 Å². The molecule has 1 heterocycles. The Hall–Kier alpha value is -2.89. The van der Waals surface area contributed by atoms with Crippen LogP contribution in [-0.4, -0.2) is 41.0 Å². The summed E-state index contributed by atoms with van der Waals surface area (Å²) in [6, 6.07) is 11.4. The van der Waals surface area contributed by atoms with E-state index in [1.807, 2.05) is 38.1 Å². The summed E-state index contributed by atoms with van der Waals surface area (Å²) >= 11 is 0. The molecule has 5 nitrogen and oxygen atoms in total. The summed E-state index contributed by atoms with van der Waals surface area (Å²) in [7, 11) is 0. The minimum Gasteiger partial charge on any atom is -0.505 e. The Morgan fingerprint density at radius 2 is 2.04 bits per heavy atom. The molecule has 0 bridgehead atoms. The number of nitrogens with zero attached hydrogens (tertiary/aromatic N) is 2. The summed E-state index contributed by atoms with van der Waals surface area (Å²) in [6.45, 7) is 4.27. The SMILES string of the molecule is Cc1cccc(N2C[C@@H](C)N(C(=O)Cc3ccc(O)c(F)c3)CC2=O)c1. The van der Waals surface area contributed by atoms with Gasteiger partial charge in [0.2, 0.25) is 11.8 Å². The van der Waals surface area contributed by atoms with Crippen LogP contribution in [0.4, 0.5) is 10.1 Å². The van der Waals surface area contributed by atoms with E-state index in [1.165, 1.54) is 17.0 Å². The molecule has 136 valence electrons. The number of hydrogen-bond acceptors (Lipinski definition) is 3. The molecule has 0 saturated carbocycles. The number of halogens is 1. The van der Waals surface area contributed by atoms with E-state index < -0.39 is 11.6 Å². The normalized spacial score (nSPS) is 17.5. The van der Waals surface area contributed by atoms with Gasteiger partial charge in [-0.05, 0) is 49.2 Å². The summed E-state index contributed by atoms with van der Waals surface area (Å²) in [5.74, 6) is -1.58. The zero-order chi connectivity index (χ0) is 18.8. The standard InChI is InChI=1S/C20H21FN2O3/c1-13-4-3-5-16(8-13)23-11-14(2)22(12-20(23)26)19(25)10-15-6-7-18(24)17(21)9-15/h3-9,14,24H,10-12H2,1-2H3/t14-/m1/s1. The second kappa shape index (κ2) is 7.15. The fourth-order valence-corrected chi connectivity index (χ4v) is 3.17. The molecule has 2 aromatic carbocycles.